The second-order valence-electron chi connectivity index (χ2n) is 13.3. The highest BCUT2D eigenvalue weighted by atomic mass is 16.2. The highest BCUT2D eigenvalue weighted by molar-refractivity contribution is 5.99. The molecule has 0 radical (unpaired) electrons. The summed E-state index contributed by atoms with van der Waals surface area (Å²) in [7, 11) is 0. The number of fused-ring (bicyclic) bond motifs is 2. The van der Waals surface area contributed by atoms with Crippen molar-refractivity contribution in [1.29, 1.82) is 0 Å². The zero-order valence-electron chi connectivity index (χ0n) is 26.1. The van der Waals surface area contributed by atoms with E-state index in [0.29, 0.717) is 11.7 Å². The number of hydrogen-bond donors (Lipinski definition) is 3. The molecule has 2 aliphatic rings. The van der Waals surface area contributed by atoms with E-state index < -0.39 is 6.04 Å². The Labute approximate surface area is 254 Å². The first kappa shape index (κ1) is 30.3. The first-order chi connectivity index (χ1) is 20.4. The number of amides is 4. The van der Waals surface area contributed by atoms with Crippen LogP contribution in [-0.4, -0.2) is 50.7 Å². The molecular formula is C34H44N6O3. The molecule has 228 valence electrons. The van der Waals surface area contributed by atoms with Crippen LogP contribution in [0.4, 0.5) is 16.3 Å². The third kappa shape index (κ3) is 7.09. The molecule has 2 aromatic carbocycles. The average molecular weight is 585 g/mol. The number of aromatic nitrogens is 2. The average Bonchev–Trinajstić information content (AvgIpc) is 3.47. The zero-order valence-corrected chi connectivity index (χ0v) is 26.1. The molecule has 2 aliphatic heterocycles. The predicted molar refractivity (Wildman–Crippen MR) is 169 cm³/mol. The van der Waals surface area contributed by atoms with Gasteiger partial charge in [0.2, 0.25) is 11.8 Å². The van der Waals surface area contributed by atoms with Gasteiger partial charge in [-0.25, -0.2) is 9.48 Å². The maximum absolute atomic E-state index is 13.2. The number of carbonyl (C=O) groups excluding carboxylic acids is 3. The number of benzene rings is 2. The molecule has 2 fully saturated rings. The van der Waals surface area contributed by atoms with E-state index in [9.17, 15) is 14.4 Å². The van der Waals surface area contributed by atoms with Crippen LogP contribution in [0, 0.1) is 12.8 Å². The van der Waals surface area contributed by atoms with Gasteiger partial charge in [-0.1, -0.05) is 50.6 Å². The van der Waals surface area contributed by atoms with E-state index in [2.05, 4.69) is 42.8 Å². The number of carbonyl (C=O) groups is 3. The van der Waals surface area contributed by atoms with Crippen molar-refractivity contribution in [2.24, 2.45) is 5.92 Å². The number of nitrogens with zero attached hydrogens (tertiary/aromatic N) is 3. The van der Waals surface area contributed by atoms with Crippen LogP contribution in [0.25, 0.3) is 5.69 Å². The second kappa shape index (κ2) is 12.2. The molecule has 0 saturated carbocycles. The van der Waals surface area contributed by atoms with Gasteiger partial charge in [-0.15, -0.1) is 0 Å². The van der Waals surface area contributed by atoms with E-state index in [-0.39, 0.29) is 35.3 Å². The van der Waals surface area contributed by atoms with E-state index in [1.807, 2.05) is 60.4 Å². The van der Waals surface area contributed by atoms with Gasteiger partial charge in [-0.2, -0.15) is 5.10 Å². The molecule has 3 N–H and O–H groups in total. The lowest BCUT2D eigenvalue weighted by Crippen LogP contribution is -2.53. The van der Waals surface area contributed by atoms with E-state index in [0.717, 1.165) is 60.3 Å². The lowest BCUT2D eigenvalue weighted by molar-refractivity contribution is -0.140. The smallest absolute Gasteiger partial charge is 0.324 e. The minimum atomic E-state index is -0.498. The molecule has 0 aliphatic carbocycles. The Bertz CT molecular complexity index is 1470. The summed E-state index contributed by atoms with van der Waals surface area (Å²) >= 11 is 0. The van der Waals surface area contributed by atoms with Crippen molar-refractivity contribution in [2.75, 3.05) is 10.6 Å². The highest BCUT2D eigenvalue weighted by Gasteiger charge is 2.44. The minimum absolute atomic E-state index is 0.0247. The normalized spacial score (nSPS) is 20.4. The lowest BCUT2D eigenvalue weighted by atomic mass is 9.85. The van der Waals surface area contributed by atoms with Crippen molar-refractivity contribution in [3.63, 3.8) is 0 Å². The molecule has 0 spiro atoms. The van der Waals surface area contributed by atoms with Crippen LogP contribution in [0.1, 0.15) is 77.1 Å². The van der Waals surface area contributed by atoms with E-state index in [1.54, 1.807) is 11.6 Å². The van der Waals surface area contributed by atoms with Crippen molar-refractivity contribution < 1.29 is 14.4 Å². The first-order valence-electron chi connectivity index (χ1n) is 15.3. The zero-order chi connectivity index (χ0) is 30.9. The number of nitrogens with one attached hydrogen (secondary N) is 3. The van der Waals surface area contributed by atoms with Gasteiger partial charge in [0.15, 0.2) is 0 Å². The fourth-order valence-electron chi connectivity index (χ4n) is 6.51. The van der Waals surface area contributed by atoms with Crippen molar-refractivity contribution in [1.82, 2.24) is 20.0 Å². The van der Waals surface area contributed by atoms with Crippen LogP contribution in [0.15, 0.2) is 54.6 Å². The third-order valence-corrected chi connectivity index (χ3v) is 8.58. The molecule has 5 rings (SSSR count). The number of rotatable bonds is 7. The van der Waals surface area contributed by atoms with E-state index in [1.165, 1.54) is 6.92 Å². The van der Waals surface area contributed by atoms with Crippen LogP contribution < -0.4 is 16.0 Å². The van der Waals surface area contributed by atoms with E-state index >= 15 is 0 Å². The lowest BCUT2D eigenvalue weighted by Gasteiger charge is -2.40. The number of anilines is 2. The van der Waals surface area contributed by atoms with Crippen molar-refractivity contribution in [3.05, 3.63) is 71.4 Å². The van der Waals surface area contributed by atoms with Gasteiger partial charge in [0.1, 0.15) is 11.9 Å². The van der Waals surface area contributed by atoms with Gasteiger partial charge in [0, 0.05) is 36.2 Å². The Kier molecular flexibility index (Phi) is 8.62. The van der Waals surface area contributed by atoms with E-state index in [4.69, 9.17) is 5.10 Å². The number of aryl methyl sites for hydroxylation is 1. The molecule has 3 heterocycles. The molecule has 1 aromatic heterocycles. The maximum Gasteiger partial charge on any atom is 0.324 e. The summed E-state index contributed by atoms with van der Waals surface area (Å²) in [6, 6.07) is 17.6. The summed E-state index contributed by atoms with van der Waals surface area (Å²) in [5.74, 6) is 0.905. The van der Waals surface area contributed by atoms with Gasteiger partial charge in [0.05, 0.1) is 11.4 Å². The monoisotopic (exact) mass is 584 g/mol. The number of piperidine rings is 1. The van der Waals surface area contributed by atoms with Crippen LogP contribution >= 0.6 is 0 Å². The van der Waals surface area contributed by atoms with Gasteiger partial charge in [0.25, 0.3) is 0 Å². The molecule has 3 aromatic rings. The Hall–Kier alpha value is -4.14. The van der Waals surface area contributed by atoms with Crippen LogP contribution in [0.2, 0.25) is 0 Å². The summed E-state index contributed by atoms with van der Waals surface area (Å²) in [5, 5.41) is 13.6. The summed E-state index contributed by atoms with van der Waals surface area (Å²) in [6.45, 7) is 11.6. The predicted octanol–water partition coefficient (Wildman–Crippen LogP) is 5.96. The van der Waals surface area contributed by atoms with Crippen molar-refractivity contribution >= 4 is 29.4 Å². The summed E-state index contributed by atoms with van der Waals surface area (Å²) < 4.78 is 1.78. The van der Waals surface area contributed by atoms with Crippen LogP contribution in [-0.2, 0) is 21.4 Å². The third-order valence-electron chi connectivity index (χ3n) is 8.58. The molecule has 3 unspecified atom stereocenters. The highest BCUT2D eigenvalue weighted by Crippen LogP contribution is 2.40. The minimum Gasteiger partial charge on any atom is -0.345 e. The summed E-state index contributed by atoms with van der Waals surface area (Å²) in [5.41, 5.74) is 4.63. The Morgan fingerprint density at radius 3 is 2.28 bits per heavy atom. The number of hydrogen-bond acceptors (Lipinski definition) is 4. The van der Waals surface area contributed by atoms with Crippen molar-refractivity contribution in [3.8, 4) is 5.69 Å². The molecule has 9 heteroatoms. The van der Waals surface area contributed by atoms with Crippen molar-refractivity contribution in [2.45, 2.75) is 97.2 Å². The summed E-state index contributed by atoms with van der Waals surface area (Å²) in [6.07, 6.45) is 4.82. The molecule has 4 amide bonds. The Morgan fingerprint density at radius 1 is 0.977 bits per heavy atom. The molecule has 2 saturated heterocycles. The fraction of sp³-hybridized carbons (Fsp3) is 0.471. The van der Waals surface area contributed by atoms with Crippen LogP contribution in [0.5, 0.6) is 0 Å². The Balaban J connectivity index is 1.23. The van der Waals surface area contributed by atoms with Crippen LogP contribution in [0.3, 0.4) is 0 Å². The second-order valence-corrected chi connectivity index (χ2v) is 13.3. The molecular weight excluding hydrogens is 540 g/mol. The van der Waals surface area contributed by atoms with Gasteiger partial charge in [-0.3, -0.25) is 14.9 Å². The Morgan fingerprint density at radius 2 is 1.65 bits per heavy atom. The molecule has 2 bridgehead atoms. The molecule has 3 atom stereocenters. The maximum atomic E-state index is 13.2. The quantitative estimate of drug-likeness (QED) is 0.319. The van der Waals surface area contributed by atoms with Gasteiger partial charge in [-0.05, 0) is 81.7 Å². The van der Waals surface area contributed by atoms with Gasteiger partial charge < -0.3 is 15.5 Å². The molecule has 43 heavy (non-hydrogen) atoms. The first-order valence-corrected chi connectivity index (χ1v) is 15.3. The standard InChI is InChI=1S/C34H44N6O3/c1-21-10-12-27(13-11-21)40-31(20-30(38-40)34(4,5)6)37-33(43)36-26-9-7-8-24(17-26)16-25-18-28-14-15-29(19-25)39(28)32(42)22(2)35-23(3)41/h7-13,17,20,22,25,28-29H,14-16,18-19H2,1-6H3,(H,35,41)(H2,36,37,43). The SMILES string of the molecule is CC(=O)NC(C)C(=O)N1C2CCC1CC(Cc1cccc(NC(=O)Nc3cc(C(C)(C)C)nn3-c3ccc(C)cc3)c1)C2. The van der Waals surface area contributed by atoms with Gasteiger partial charge >= 0.3 is 6.03 Å². The number of urea groups is 1. The summed E-state index contributed by atoms with van der Waals surface area (Å²) in [4.78, 5) is 39.7. The fourth-order valence-corrected chi connectivity index (χ4v) is 6.51. The topological polar surface area (TPSA) is 108 Å². The largest absolute Gasteiger partial charge is 0.345 e. The molecule has 9 nitrogen and oxygen atoms in total.